The highest BCUT2D eigenvalue weighted by Gasteiger charge is 2.39. The highest BCUT2D eigenvalue weighted by molar-refractivity contribution is 7.18. The molecule has 0 amide bonds. The fraction of sp³-hybridized carbons (Fsp3) is 0.300. The van der Waals surface area contributed by atoms with Crippen molar-refractivity contribution in [3.63, 3.8) is 0 Å². The molecule has 210 valence electrons. The lowest BCUT2D eigenvalue weighted by Gasteiger charge is -2.36. The molecule has 1 aliphatic heterocycles. The fourth-order valence-corrected chi connectivity index (χ4v) is 7.08. The summed E-state index contributed by atoms with van der Waals surface area (Å²) in [5, 5.41) is 8.94. The molecule has 1 saturated heterocycles. The number of nitrogens with zero attached hydrogens (tertiary/aromatic N) is 4. The Morgan fingerprint density at radius 3 is 2.61 bits per heavy atom. The van der Waals surface area contributed by atoms with Gasteiger partial charge in [-0.15, -0.1) is 16.4 Å². The van der Waals surface area contributed by atoms with E-state index in [1.165, 1.54) is 22.5 Å². The second kappa shape index (κ2) is 10.5. The molecule has 6 aromatic rings. The molecule has 0 spiro atoms. The SMILES string of the molecule is COc1cc(OCc2csc(C3(c4ccc(C)cc4)CCOCC3)n2)c2cc(-c3cn4nc(OC)sc4n3)oc2c1. The first-order valence-electron chi connectivity index (χ1n) is 13.3. The molecule has 0 radical (unpaired) electrons. The highest BCUT2D eigenvalue weighted by atomic mass is 32.1. The van der Waals surface area contributed by atoms with Crippen LogP contribution in [0, 0.1) is 6.92 Å². The van der Waals surface area contributed by atoms with Crippen LogP contribution in [0.4, 0.5) is 0 Å². The predicted molar refractivity (Wildman–Crippen MR) is 158 cm³/mol. The van der Waals surface area contributed by atoms with Crippen molar-refractivity contribution in [3.8, 4) is 28.1 Å². The molecule has 7 rings (SSSR count). The maximum atomic E-state index is 6.35. The van der Waals surface area contributed by atoms with Gasteiger partial charge in [-0.2, -0.15) is 0 Å². The van der Waals surface area contributed by atoms with E-state index in [1.54, 1.807) is 30.1 Å². The molecule has 0 atom stereocenters. The lowest BCUT2D eigenvalue weighted by molar-refractivity contribution is 0.0629. The van der Waals surface area contributed by atoms with E-state index in [0.717, 1.165) is 47.1 Å². The van der Waals surface area contributed by atoms with Crippen LogP contribution in [0.2, 0.25) is 0 Å². The smallest absolute Gasteiger partial charge is 0.294 e. The van der Waals surface area contributed by atoms with Gasteiger partial charge >= 0.3 is 0 Å². The summed E-state index contributed by atoms with van der Waals surface area (Å²) < 4.78 is 30.7. The van der Waals surface area contributed by atoms with Crippen molar-refractivity contribution >= 4 is 38.6 Å². The molecule has 0 unspecified atom stereocenters. The van der Waals surface area contributed by atoms with E-state index in [4.69, 9.17) is 28.3 Å². The van der Waals surface area contributed by atoms with Crippen LogP contribution in [0.1, 0.15) is 34.7 Å². The van der Waals surface area contributed by atoms with Crippen LogP contribution in [0.25, 0.3) is 27.4 Å². The first-order chi connectivity index (χ1) is 20.0. The average molecular weight is 589 g/mol. The van der Waals surface area contributed by atoms with Gasteiger partial charge in [-0.3, -0.25) is 0 Å². The summed E-state index contributed by atoms with van der Waals surface area (Å²) in [5.74, 6) is 1.92. The number of furan rings is 1. The quantitative estimate of drug-likeness (QED) is 0.195. The molecule has 0 bridgehead atoms. The molecule has 0 saturated carbocycles. The molecule has 0 aliphatic carbocycles. The molecule has 4 aromatic heterocycles. The minimum Gasteiger partial charge on any atom is -0.496 e. The van der Waals surface area contributed by atoms with Gasteiger partial charge in [0.1, 0.15) is 34.4 Å². The van der Waals surface area contributed by atoms with Crippen LogP contribution in [0.15, 0.2) is 58.5 Å². The van der Waals surface area contributed by atoms with Crippen LogP contribution < -0.4 is 14.2 Å². The lowest BCUT2D eigenvalue weighted by atomic mass is 9.74. The lowest BCUT2D eigenvalue weighted by Crippen LogP contribution is -2.35. The fourth-order valence-electron chi connectivity index (χ4n) is 5.29. The maximum Gasteiger partial charge on any atom is 0.294 e. The highest BCUT2D eigenvalue weighted by Crippen LogP contribution is 2.43. The molecular weight excluding hydrogens is 560 g/mol. The van der Waals surface area contributed by atoms with E-state index in [1.807, 2.05) is 24.4 Å². The maximum absolute atomic E-state index is 6.35. The molecular formula is C30H28N4O5S2. The van der Waals surface area contributed by atoms with Gasteiger partial charge in [0.2, 0.25) is 4.96 Å². The molecule has 9 nitrogen and oxygen atoms in total. The number of hydrogen-bond donors (Lipinski definition) is 0. The summed E-state index contributed by atoms with van der Waals surface area (Å²) in [6.07, 6.45) is 3.64. The number of benzene rings is 2. The average Bonchev–Trinajstić information content (AvgIpc) is 3.79. The normalized spacial score (nSPS) is 15.0. The Kier molecular flexibility index (Phi) is 6.64. The van der Waals surface area contributed by atoms with Crippen molar-refractivity contribution in [3.05, 3.63) is 75.9 Å². The monoisotopic (exact) mass is 588 g/mol. The van der Waals surface area contributed by atoms with Crippen molar-refractivity contribution in [1.82, 2.24) is 19.6 Å². The third kappa shape index (κ3) is 4.73. The number of thiazole rings is 1. The Labute approximate surface area is 244 Å². The summed E-state index contributed by atoms with van der Waals surface area (Å²) in [4.78, 5) is 10.5. The Morgan fingerprint density at radius 2 is 1.85 bits per heavy atom. The van der Waals surface area contributed by atoms with Crippen molar-refractivity contribution < 1.29 is 23.4 Å². The zero-order chi connectivity index (χ0) is 28.0. The number of hydrogen-bond acceptors (Lipinski definition) is 10. The van der Waals surface area contributed by atoms with Crippen molar-refractivity contribution in [2.45, 2.75) is 31.8 Å². The topological polar surface area (TPSA) is 93.1 Å². The van der Waals surface area contributed by atoms with E-state index in [0.29, 0.717) is 40.3 Å². The number of aryl methyl sites for hydroxylation is 1. The van der Waals surface area contributed by atoms with Crippen molar-refractivity contribution in [2.75, 3.05) is 27.4 Å². The van der Waals surface area contributed by atoms with E-state index < -0.39 is 0 Å². The van der Waals surface area contributed by atoms with Crippen LogP contribution >= 0.6 is 22.7 Å². The van der Waals surface area contributed by atoms with Gasteiger partial charge < -0.3 is 23.4 Å². The van der Waals surface area contributed by atoms with Crippen molar-refractivity contribution in [2.24, 2.45) is 0 Å². The zero-order valence-corrected chi connectivity index (χ0v) is 24.5. The number of imidazole rings is 1. The molecule has 0 N–H and O–H groups in total. The predicted octanol–water partition coefficient (Wildman–Crippen LogP) is 6.66. The Hall–Kier alpha value is -3.93. The zero-order valence-electron chi connectivity index (χ0n) is 22.9. The Morgan fingerprint density at radius 1 is 1.02 bits per heavy atom. The molecule has 1 fully saturated rings. The van der Waals surface area contributed by atoms with Gasteiger partial charge in [0, 0.05) is 30.7 Å². The Balaban J connectivity index is 1.17. The first-order valence-corrected chi connectivity index (χ1v) is 15.0. The van der Waals surface area contributed by atoms with Crippen LogP contribution in [-0.2, 0) is 16.8 Å². The van der Waals surface area contributed by atoms with Crippen molar-refractivity contribution in [1.29, 1.82) is 0 Å². The van der Waals surface area contributed by atoms with Gasteiger partial charge in [-0.1, -0.05) is 29.8 Å². The van der Waals surface area contributed by atoms with Gasteiger partial charge in [-0.25, -0.2) is 14.5 Å². The van der Waals surface area contributed by atoms with Gasteiger partial charge in [0.05, 0.1) is 36.9 Å². The summed E-state index contributed by atoms with van der Waals surface area (Å²) >= 11 is 3.06. The van der Waals surface area contributed by atoms with E-state index >= 15 is 0 Å². The summed E-state index contributed by atoms with van der Waals surface area (Å²) in [6, 6.07) is 14.5. The van der Waals surface area contributed by atoms with Crippen LogP contribution in [-0.4, -0.2) is 47.0 Å². The molecule has 41 heavy (non-hydrogen) atoms. The van der Waals surface area contributed by atoms with E-state index in [2.05, 4.69) is 46.7 Å². The van der Waals surface area contributed by atoms with Crippen LogP contribution in [0.3, 0.4) is 0 Å². The van der Waals surface area contributed by atoms with E-state index in [9.17, 15) is 0 Å². The second-order valence-electron chi connectivity index (χ2n) is 10.1. The summed E-state index contributed by atoms with van der Waals surface area (Å²) in [7, 11) is 3.22. The van der Waals surface area contributed by atoms with Crippen LogP contribution in [0.5, 0.6) is 16.7 Å². The molecule has 1 aliphatic rings. The second-order valence-corrected chi connectivity index (χ2v) is 11.8. The minimum absolute atomic E-state index is 0.144. The largest absolute Gasteiger partial charge is 0.496 e. The molecule has 5 heterocycles. The van der Waals surface area contributed by atoms with Gasteiger partial charge in [0.15, 0.2) is 5.76 Å². The summed E-state index contributed by atoms with van der Waals surface area (Å²) in [6.45, 7) is 3.89. The number of methoxy groups -OCH3 is 2. The number of ether oxygens (including phenoxy) is 4. The Bertz CT molecular complexity index is 1800. The molecule has 2 aromatic carbocycles. The number of fused-ring (bicyclic) bond motifs is 2. The third-order valence-electron chi connectivity index (χ3n) is 7.55. The number of aromatic nitrogens is 4. The molecule has 11 heteroatoms. The standard InChI is InChI=1S/C30H28N4O5S2/c1-18-4-6-19(7-5-18)30(8-10-37-11-9-30)27-31-20(17-40-27)16-38-24-12-21(35-2)13-25-22(24)14-26(39-25)23-15-34-28(32-23)41-29(33-34)36-3/h4-7,12-15,17H,8-11,16H2,1-3H3. The minimum atomic E-state index is -0.144. The summed E-state index contributed by atoms with van der Waals surface area (Å²) in [5.41, 5.74) is 4.61. The van der Waals surface area contributed by atoms with Gasteiger partial charge in [-0.05, 0) is 42.7 Å². The first kappa shape index (κ1) is 26.0. The third-order valence-corrected chi connectivity index (χ3v) is 9.53. The number of rotatable bonds is 8. The van der Waals surface area contributed by atoms with E-state index in [-0.39, 0.29) is 5.41 Å². The van der Waals surface area contributed by atoms with Gasteiger partial charge in [0.25, 0.3) is 5.19 Å².